The molecular formula is C13H22O2. The summed E-state index contributed by atoms with van der Waals surface area (Å²) in [5.74, 6) is 0.603. The third-order valence-electron chi connectivity index (χ3n) is 4.63. The van der Waals surface area contributed by atoms with Gasteiger partial charge in [0.25, 0.3) is 0 Å². The lowest BCUT2D eigenvalue weighted by molar-refractivity contribution is -0.139. The first-order chi connectivity index (χ1) is 7.03. The van der Waals surface area contributed by atoms with E-state index in [9.17, 15) is 4.79 Å². The zero-order valence-electron chi connectivity index (χ0n) is 9.83. The van der Waals surface area contributed by atoms with Gasteiger partial charge in [0.2, 0.25) is 0 Å². The van der Waals surface area contributed by atoms with Gasteiger partial charge in [0.1, 0.15) is 0 Å². The van der Waals surface area contributed by atoms with Crippen LogP contribution in [0.1, 0.15) is 52.4 Å². The number of carboxylic acid groups (broad SMARTS) is 1. The van der Waals surface area contributed by atoms with Gasteiger partial charge in [-0.15, -0.1) is 0 Å². The minimum atomic E-state index is -0.583. The Bertz CT molecular complexity index is 251. The van der Waals surface area contributed by atoms with Crippen LogP contribution in [0.2, 0.25) is 0 Å². The molecule has 0 bridgehead atoms. The Morgan fingerprint density at radius 3 is 2.33 bits per heavy atom. The summed E-state index contributed by atoms with van der Waals surface area (Å²) in [6, 6.07) is 0. The molecule has 86 valence electrons. The number of rotatable bonds is 3. The molecule has 0 amide bonds. The average molecular weight is 210 g/mol. The average Bonchev–Trinajstić information content (AvgIpc) is 2.70. The van der Waals surface area contributed by atoms with Gasteiger partial charge in [-0.1, -0.05) is 46.0 Å². The summed E-state index contributed by atoms with van der Waals surface area (Å²) in [6.45, 7) is 4.22. The van der Waals surface area contributed by atoms with Gasteiger partial charge in [-0.25, -0.2) is 0 Å². The molecule has 0 saturated heterocycles. The summed E-state index contributed by atoms with van der Waals surface area (Å²) in [6.07, 6.45) is 7.92. The second kappa shape index (κ2) is 3.80. The number of carbonyl (C=O) groups is 1. The maximum absolute atomic E-state index is 11.0. The quantitative estimate of drug-likeness (QED) is 0.776. The maximum atomic E-state index is 11.0. The van der Waals surface area contributed by atoms with E-state index in [0.717, 1.165) is 12.3 Å². The molecule has 2 saturated carbocycles. The number of hydrogen-bond donors (Lipinski definition) is 1. The van der Waals surface area contributed by atoms with E-state index in [1.54, 1.807) is 0 Å². The van der Waals surface area contributed by atoms with Crippen molar-refractivity contribution < 1.29 is 9.90 Å². The van der Waals surface area contributed by atoms with Crippen molar-refractivity contribution in [2.45, 2.75) is 52.4 Å². The summed E-state index contributed by atoms with van der Waals surface area (Å²) in [5, 5.41) is 9.09. The number of carboxylic acids is 1. The van der Waals surface area contributed by atoms with Crippen LogP contribution < -0.4 is 0 Å². The normalized spacial score (nSPS) is 35.1. The second-order valence-electron chi connectivity index (χ2n) is 5.98. The fraction of sp³-hybridized carbons (Fsp3) is 0.923. The Hall–Kier alpha value is -0.530. The molecule has 2 atom stereocenters. The molecule has 2 nitrogen and oxygen atoms in total. The maximum Gasteiger partial charge on any atom is 0.307 e. The lowest BCUT2D eigenvalue weighted by Gasteiger charge is -2.21. The highest BCUT2D eigenvalue weighted by Crippen LogP contribution is 2.61. The van der Waals surface area contributed by atoms with Crippen LogP contribution in [0.5, 0.6) is 0 Å². The van der Waals surface area contributed by atoms with E-state index in [1.165, 1.54) is 32.1 Å². The smallest absolute Gasteiger partial charge is 0.307 e. The molecule has 2 aliphatic rings. The molecule has 0 aliphatic heterocycles. The molecule has 0 heterocycles. The van der Waals surface area contributed by atoms with Crippen molar-refractivity contribution in [2.75, 3.05) is 0 Å². The lowest BCUT2D eigenvalue weighted by Crippen LogP contribution is -2.09. The Balaban J connectivity index is 1.88. The highest BCUT2D eigenvalue weighted by Gasteiger charge is 2.61. The van der Waals surface area contributed by atoms with Gasteiger partial charge in [0.15, 0.2) is 0 Å². The third-order valence-corrected chi connectivity index (χ3v) is 4.63. The van der Waals surface area contributed by atoms with E-state index in [0.29, 0.717) is 5.92 Å². The van der Waals surface area contributed by atoms with Crippen molar-refractivity contribution in [3.05, 3.63) is 0 Å². The molecule has 0 spiro atoms. The van der Waals surface area contributed by atoms with Gasteiger partial charge in [0, 0.05) is 0 Å². The highest BCUT2D eigenvalue weighted by atomic mass is 16.4. The molecule has 2 rings (SSSR count). The van der Waals surface area contributed by atoms with Crippen molar-refractivity contribution >= 4 is 5.97 Å². The zero-order chi connectivity index (χ0) is 11.1. The molecule has 15 heavy (non-hydrogen) atoms. The Labute approximate surface area is 92.1 Å². The van der Waals surface area contributed by atoms with E-state index < -0.39 is 5.97 Å². The summed E-state index contributed by atoms with van der Waals surface area (Å²) in [5.41, 5.74) is 0.0588. The largest absolute Gasteiger partial charge is 0.481 e. The molecule has 2 fully saturated rings. The topological polar surface area (TPSA) is 37.3 Å². The van der Waals surface area contributed by atoms with Gasteiger partial charge in [-0.05, 0) is 23.7 Å². The Morgan fingerprint density at radius 1 is 1.27 bits per heavy atom. The third kappa shape index (κ3) is 2.04. The number of aliphatic carboxylic acids is 1. The van der Waals surface area contributed by atoms with Crippen molar-refractivity contribution in [2.24, 2.45) is 23.2 Å². The van der Waals surface area contributed by atoms with Gasteiger partial charge >= 0.3 is 5.97 Å². The van der Waals surface area contributed by atoms with E-state index in [4.69, 9.17) is 5.11 Å². The molecule has 0 aromatic heterocycles. The summed E-state index contributed by atoms with van der Waals surface area (Å²) in [4.78, 5) is 11.0. The molecule has 0 unspecified atom stereocenters. The minimum absolute atomic E-state index is 0.0588. The monoisotopic (exact) mass is 210 g/mol. The van der Waals surface area contributed by atoms with Crippen molar-refractivity contribution in [3.63, 3.8) is 0 Å². The van der Waals surface area contributed by atoms with E-state index in [-0.39, 0.29) is 11.3 Å². The zero-order valence-corrected chi connectivity index (χ0v) is 9.83. The Morgan fingerprint density at radius 2 is 1.87 bits per heavy atom. The Kier molecular flexibility index (Phi) is 2.78. The van der Waals surface area contributed by atoms with E-state index in [2.05, 4.69) is 13.8 Å². The van der Waals surface area contributed by atoms with E-state index in [1.807, 2.05) is 0 Å². The van der Waals surface area contributed by atoms with Gasteiger partial charge < -0.3 is 5.11 Å². The molecule has 2 aliphatic carbocycles. The molecule has 0 aromatic carbocycles. The van der Waals surface area contributed by atoms with Crippen LogP contribution in [-0.4, -0.2) is 11.1 Å². The first-order valence-corrected chi connectivity index (χ1v) is 6.26. The van der Waals surface area contributed by atoms with E-state index >= 15 is 0 Å². The van der Waals surface area contributed by atoms with Crippen LogP contribution in [0.25, 0.3) is 0 Å². The van der Waals surface area contributed by atoms with Crippen LogP contribution in [0.3, 0.4) is 0 Å². The van der Waals surface area contributed by atoms with Gasteiger partial charge in [-0.2, -0.15) is 0 Å². The standard InChI is InChI=1S/C13H22O2/c1-13(2)10(11(13)12(14)15)8-9-6-4-3-5-7-9/h9-11H,3-8H2,1-2H3,(H,14,15)/t10-,11+/m0/s1. The molecule has 0 aromatic rings. The summed E-state index contributed by atoms with van der Waals surface area (Å²) >= 11 is 0. The van der Waals surface area contributed by atoms with Gasteiger partial charge in [-0.3, -0.25) is 4.79 Å². The number of hydrogen-bond acceptors (Lipinski definition) is 1. The second-order valence-corrected chi connectivity index (χ2v) is 5.98. The van der Waals surface area contributed by atoms with Crippen molar-refractivity contribution in [1.82, 2.24) is 0 Å². The lowest BCUT2D eigenvalue weighted by atomic mass is 9.84. The SMILES string of the molecule is CC1(C)[C@@H](CC2CCCCC2)[C@@H]1C(=O)O. The minimum Gasteiger partial charge on any atom is -0.481 e. The summed E-state index contributed by atoms with van der Waals surface area (Å²) < 4.78 is 0. The molecule has 0 radical (unpaired) electrons. The van der Waals surface area contributed by atoms with Crippen LogP contribution in [0.15, 0.2) is 0 Å². The first-order valence-electron chi connectivity index (χ1n) is 6.26. The van der Waals surface area contributed by atoms with Crippen molar-refractivity contribution in [3.8, 4) is 0 Å². The predicted octanol–water partition coefficient (Wildman–Crippen LogP) is 3.31. The fourth-order valence-corrected chi connectivity index (χ4v) is 3.46. The van der Waals surface area contributed by atoms with Gasteiger partial charge in [0.05, 0.1) is 5.92 Å². The summed E-state index contributed by atoms with van der Waals surface area (Å²) in [7, 11) is 0. The van der Waals surface area contributed by atoms with Crippen LogP contribution in [-0.2, 0) is 4.79 Å². The highest BCUT2D eigenvalue weighted by molar-refractivity contribution is 5.75. The molecule has 1 N–H and O–H groups in total. The fourth-order valence-electron chi connectivity index (χ4n) is 3.46. The van der Waals surface area contributed by atoms with Crippen LogP contribution in [0.4, 0.5) is 0 Å². The molecular weight excluding hydrogens is 188 g/mol. The van der Waals surface area contributed by atoms with Crippen molar-refractivity contribution in [1.29, 1.82) is 0 Å². The first kappa shape index (κ1) is 11.0. The van der Waals surface area contributed by atoms with Crippen LogP contribution in [0, 0.1) is 23.2 Å². The predicted molar refractivity (Wildman–Crippen MR) is 59.6 cm³/mol. The molecule has 2 heteroatoms. The van der Waals surface area contributed by atoms with Crippen LogP contribution >= 0.6 is 0 Å².